The van der Waals surface area contributed by atoms with Crippen LogP contribution in [0, 0.1) is 6.92 Å². The normalized spacial score (nSPS) is 35.9. The fraction of sp³-hybridized carbons (Fsp3) is 0.500. The van der Waals surface area contributed by atoms with Gasteiger partial charge in [-0.1, -0.05) is 29.8 Å². The first-order valence-corrected chi connectivity index (χ1v) is 5.05. The minimum absolute atomic E-state index is 0.603. The Morgan fingerprint density at radius 3 is 2.31 bits per heavy atom. The largest absolute Gasteiger partial charge is 0.370 e. The van der Waals surface area contributed by atoms with Crippen molar-refractivity contribution >= 4 is 0 Å². The van der Waals surface area contributed by atoms with Crippen LogP contribution < -0.4 is 0 Å². The zero-order chi connectivity index (χ0) is 8.84. The topological polar surface area (TPSA) is 12.5 Å². The molecule has 0 amide bonds. The maximum absolute atomic E-state index is 5.43. The average molecular weight is 174 g/mol. The van der Waals surface area contributed by atoms with Crippen LogP contribution in [0.25, 0.3) is 0 Å². The molecule has 0 spiro atoms. The first-order valence-electron chi connectivity index (χ1n) is 5.05. The second kappa shape index (κ2) is 2.58. The van der Waals surface area contributed by atoms with E-state index in [0.29, 0.717) is 12.2 Å². The van der Waals surface area contributed by atoms with Gasteiger partial charge in [-0.05, 0) is 31.2 Å². The molecule has 1 saturated carbocycles. The van der Waals surface area contributed by atoms with E-state index in [0.717, 1.165) is 5.92 Å². The van der Waals surface area contributed by atoms with Gasteiger partial charge in [-0.2, -0.15) is 0 Å². The predicted octanol–water partition coefficient (Wildman–Crippen LogP) is 2.64. The Labute approximate surface area is 78.7 Å². The van der Waals surface area contributed by atoms with Crippen LogP contribution in [0.2, 0.25) is 0 Å². The van der Waals surface area contributed by atoms with Crippen LogP contribution >= 0.6 is 0 Å². The quantitative estimate of drug-likeness (QED) is 0.596. The van der Waals surface area contributed by atoms with Crippen molar-refractivity contribution in [3.8, 4) is 0 Å². The molecule has 1 nitrogen and oxygen atoms in total. The van der Waals surface area contributed by atoms with Gasteiger partial charge in [-0.3, -0.25) is 0 Å². The lowest BCUT2D eigenvalue weighted by Crippen LogP contribution is -1.97. The number of hydrogen-bond acceptors (Lipinski definition) is 1. The summed E-state index contributed by atoms with van der Waals surface area (Å²) in [5, 5.41) is 0. The molecule has 3 atom stereocenters. The molecule has 1 aromatic rings. The van der Waals surface area contributed by atoms with Crippen molar-refractivity contribution in [2.24, 2.45) is 0 Å². The van der Waals surface area contributed by atoms with Crippen LogP contribution in [0.5, 0.6) is 0 Å². The van der Waals surface area contributed by atoms with Crippen LogP contribution in [-0.4, -0.2) is 12.2 Å². The lowest BCUT2D eigenvalue weighted by atomic mass is 9.96. The smallest absolute Gasteiger partial charge is 0.0848 e. The Morgan fingerprint density at radius 1 is 1.08 bits per heavy atom. The summed E-state index contributed by atoms with van der Waals surface area (Å²) >= 11 is 0. The molecule has 1 aromatic carbocycles. The van der Waals surface area contributed by atoms with E-state index in [9.17, 15) is 0 Å². The average Bonchev–Trinajstić information content (AvgIpc) is 2.75. The summed E-state index contributed by atoms with van der Waals surface area (Å²) in [7, 11) is 0. The highest BCUT2D eigenvalue weighted by Crippen LogP contribution is 2.46. The Morgan fingerprint density at radius 2 is 1.69 bits per heavy atom. The molecule has 68 valence electrons. The second-order valence-corrected chi connectivity index (χ2v) is 4.29. The Hall–Kier alpha value is -0.820. The fourth-order valence-electron chi connectivity index (χ4n) is 2.36. The highest BCUT2D eigenvalue weighted by molar-refractivity contribution is 5.26. The van der Waals surface area contributed by atoms with Crippen molar-refractivity contribution < 1.29 is 4.74 Å². The van der Waals surface area contributed by atoms with Gasteiger partial charge in [0.15, 0.2) is 0 Å². The zero-order valence-corrected chi connectivity index (χ0v) is 7.86. The number of benzene rings is 1. The standard InChI is InChI=1S/C12H14O/c1-8-2-4-9(5-3-8)10-6-11-12(7-10)13-11/h2-5,10-12H,6-7H2,1H3/t10?,11-,12+. The van der Waals surface area contributed by atoms with Gasteiger partial charge in [0.1, 0.15) is 0 Å². The third-order valence-electron chi connectivity index (χ3n) is 3.27. The number of ether oxygens (including phenoxy) is 1. The molecule has 0 N–H and O–H groups in total. The molecular weight excluding hydrogens is 160 g/mol. The summed E-state index contributed by atoms with van der Waals surface area (Å²) in [5.74, 6) is 0.768. The molecule has 0 aromatic heterocycles. The zero-order valence-electron chi connectivity index (χ0n) is 7.86. The van der Waals surface area contributed by atoms with Gasteiger partial charge in [0.25, 0.3) is 0 Å². The lowest BCUT2D eigenvalue weighted by molar-refractivity contribution is 0.304. The summed E-state index contributed by atoms with van der Waals surface area (Å²) in [6, 6.07) is 8.95. The molecule has 13 heavy (non-hydrogen) atoms. The Balaban J connectivity index is 1.81. The first kappa shape index (κ1) is 7.57. The number of rotatable bonds is 1. The van der Waals surface area contributed by atoms with Gasteiger partial charge in [-0.25, -0.2) is 0 Å². The Bertz CT molecular complexity index is 304. The van der Waals surface area contributed by atoms with Gasteiger partial charge in [-0.15, -0.1) is 0 Å². The van der Waals surface area contributed by atoms with Crippen molar-refractivity contribution in [3.05, 3.63) is 35.4 Å². The molecule has 1 aliphatic carbocycles. The molecule has 0 radical (unpaired) electrons. The van der Waals surface area contributed by atoms with E-state index in [1.54, 1.807) is 0 Å². The van der Waals surface area contributed by atoms with Crippen LogP contribution in [0.4, 0.5) is 0 Å². The van der Waals surface area contributed by atoms with E-state index in [2.05, 4.69) is 31.2 Å². The van der Waals surface area contributed by atoms with Gasteiger partial charge < -0.3 is 4.74 Å². The summed E-state index contributed by atoms with van der Waals surface area (Å²) in [5.41, 5.74) is 2.85. The van der Waals surface area contributed by atoms with Crippen LogP contribution in [-0.2, 0) is 4.74 Å². The van der Waals surface area contributed by atoms with E-state index in [-0.39, 0.29) is 0 Å². The second-order valence-electron chi connectivity index (χ2n) is 4.29. The number of fused-ring (bicyclic) bond motifs is 1. The monoisotopic (exact) mass is 174 g/mol. The highest BCUT2D eigenvalue weighted by atomic mass is 16.6. The third-order valence-corrected chi connectivity index (χ3v) is 3.27. The van der Waals surface area contributed by atoms with Crippen molar-refractivity contribution in [2.75, 3.05) is 0 Å². The van der Waals surface area contributed by atoms with Gasteiger partial charge in [0.05, 0.1) is 12.2 Å². The van der Waals surface area contributed by atoms with Gasteiger partial charge in [0.2, 0.25) is 0 Å². The van der Waals surface area contributed by atoms with Crippen molar-refractivity contribution in [1.82, 2.24) is 0 Å². The minimum atomic E-state index is 0.603. The molecular formula is C12H14O. The first-order chi connectivity index (χ1) is 6.33. The minimum Gasteiger partial charge on any atom is -0.370 e. The third kappa shape index (κ3) is 1.28. The van der Waals surface area contributed by atoms with E-state index in [4.69, 9.17) is 4.74 Å². The molecule has 1 unspecified atom stereocenters. The van der Waals surface area contributed by atoms with Crippen LogP contribution in [0.3, 0.4) is 0 Å². The maximum Gasteiger partial charge on any atom is 0.0848 e. The number of epoxide rings is 1. The molecule has 0 bridgehead atoms. The molecule has 3 rings (SSSR count). The highest BCUT2D eigenvalue weighted by Gasteiger charge is 2.48. The van der Waals surface area contributed by atoms with Crippen LogP contribution in [0.15, 0.2) is 24.3 Å². The molecule has 1 aliphatic heterocycles. The predicted molar refractivity (Wildman–Crippen MR) is 51.8 cm³/mol. The van der Waals surface area contributed by atoms with Gasteiger partial charge >= 0.3 is 0 Å². The van der Waals surface area contributed by atoms with Crippen molar-refractivity contribution in [2.45, 2.75) is 37.9 Å². The fourth-order valence-corrected chi connectivity index (χ4v) is 2.36. The molecule has 2 fully saturated rings. The van der Waals surface area contributed by atoms with E-state index >= 15 is 0 Å². The van der Waals surface area contributed by atoms with Crippen LogP contribution in [0.1, 0.15) is 29.9 Å². The number of hydrogen-bond donors (Lipinski definition) is 0. The number of aryl methyl sites for hydroxylation is 1. The van der Waals surface area contributed by atoms with Gasteiger partial charge in [0, 0.05) is 0 Å². The summed E-state index contributed by atoms with van der Waals surface area (Å²) in [4.78, 5) is 0. The maximum atomic E-state index is 5.43. The lowest BCUT2D eigenvalue weighted by Gasteiger charge is -2.11. The summed E-state index contributed by atoms with van der Waals surface area (Å²) < 4.78 is 5.43. The summed E-state index contributed by atoms with van der Waals surface area (Å²) in [6.45, 7) is 2.14. The molecule has 2 aliphatic rings. The Kier molecular flexibility index (Phi) is 1.50. The van der Waals surface area contributed by atoms with Crippen molar-refractivity contribution in [1.29, 1.82) is 0 Å². The van der Waals surface area contributed by atoms with E-state index in [1.165, 1.54) is 24.0 Å². The van der Waals surface area contributed by atoms with E-state index in [1.807, 2.05) is 0 Å². The van der Waals surface area contributed by atoms with E-state index < -0.39 is 0 Å². The molecule has 1 heterocycles. The molecule has 1 heteroatoms. The molecule has 1 saturated heterocycles. The van der Waals surface area contributed by atoms with Crippen molar-refractivity contribution in [3.63, 3.8) is 0 Å². The SMILES string of the molecule is Cc1ccc(C2C[C@@H]3O[C@@H]3C2)cc1. The summed E-state index contributed by atoms with van der Waals surface area (Å²) in [6.07, 6.45) is 3.69.